The Hall–Kier alpha value is -0.800. The summed E-state index contributed by atoms with van der Waals surface area (Å²) < 4.78 is 2.06. The summed E-state index contributed by atoms with van der Waals surface area (Å²) in [5.74, 6) is 0. The Morgan fingerprint density at radius 2 is 2.15 bits per heavy atom. The Morgan fingerprint density at radius 1 is 1.38 bits per heavy atom. The molecule has 0 atom stereocenters. The SMILES string of the molecule is N#Cc1cc(I)cc2cc(N)sc12. The van der Waals surface area contributed by atoms with E-state index in [1.54, 1.807) is 0 Å². The second kappa shape index (κ2) is 3.16. The molecule has 1 aromatic heterocycles. The summed E-state index contributed by atoms with van der Waals surface area (Å²) in [7, 11) is 0. The van der Waals surface area contributed by atoms with Gasteiger partial charge in [-0.15, -0.1) is 11.3 Å². The molecule has 13 heavy (non-hydrogen) atoms. The van der Waals surface area contributed by atoms with Crippen LogP contribution in [0.1, 0.15) is 5.56 Å². The van der Waals surface area contributed by atoms with Crippen molar-refractivity contribution in [1.29, 1.82) is 5.26 Å². The molecule has 1 heterocycles. The maximum atomic E-state index is 8.88. The van der Waals surface area contributed by atoms with Gasteiger partial charge in [-0.1, -0.05) is 0 Å². The second-order valence-electron chi connectivity index (χ2n) is 2.63. The number of nitrogens with two attached hydrogens (primary N) is 1. The number of benzene rings is 1. The number of thiophene rings is 1. The minimum atomic E-state index is 0.712. The van der Waals surface area contributed by atoms with Gasteiger partial charge in [-0.3, -0.25) is 0 Å². The highest BCUT2D eigenvalue weighted by Crippen LogP contribution is 2.31. The van der Waals surface area contributed by atoms with Crippen LogP contribution in [-0.4, -0.2) is 0 Å². The number of halogens is 1. The van der Waals surface area contributed by atoms with Crippen molar-refractivity contribution in [2.75, 3.05) is 5.73 Å². The fourth-order valence-electron chi connectivity index (χ4n) is 1.22. The van der Waals surface area contributed by atoms with E-state index in [0.717, 1.165) is 18.7 Å². The van der Waals surface area contributed by atoms with Crippen LogP contribution in [0.3, 0.4) is 0 Å². The van der Waals surface area contributed by atoms with Crippen molar-refractivity contribution in [2.45, 2.75) is 0 Å². The first-order chi connectivity index (χ1) is 6.20. The number of nitrogens with zero attached hydrogens (tertiary/aromatic N) is 1. The van der Waals surface area contributed by atoms with Crippen molar-refractivity contribution < 1.29 is 0 Å². The monoisotopic (exact) mass is 300 g/mol. The van der Waals surface area contributed by atoms with E-state index in [4.69, 9.17) is 11.0 Å². The van der Waals surface area contributed by atoms with Gasteiger partial charge >= 0.3 is 0 Å². The van der Waals surface area contributed by atoms with Gasteiger partial charge in [0.1, 0.15) is 6.07 Å². The van der Waals surface area contributed by atoms with Gasteiger partial charge in [-0.05, 0) is 46.2 Å². The molecule has 2 N–H and O–H groups in total. The fourth-order valence-corrected chi connectivity index (χ4v) is 2.74. The van der Waals surface area contributed by atoms with Gasteiger partial charge in [0, 0.05) is 3.57 Å². The molecule has 2 nitrogen and oxygen atoms in total. The molecule has 0 saturated heterocycles. The van der Waals surface area contributed by atoms with Crippen LogP contribution in [0.2, 0.25) is 0 Å². The van der Waals surface area contributed by atoms with Crippen molar-refractivity contribution in [1.82, 2.24) is 0 Å². The molecule has 2 aromatic rings. The minimum Gasteiger partial charge on any atom is -0.391 e. The summed E-state index contributed by atoms with van der Waals surface area (Å²) >= 11 is 3.66. The zero-order valence-corrected chi connectivity index (χ0v) is 9.52. The van der Waals surface area contributed by atoms with Gasteiger partial charge in [0.25, 0.3) is 0 Å². The van der Waals surface area contributed by atoms with Gasteiger partial charge in [-0.2, -0.15) is 5.26 Å². The zero-order valence-electron chi connectivity index (χ0n) is 6.54. The lowest BCUT2D eigenvalue weighted by Crippen LogP contribution is -1.76. The predicted octanol–water partition coefficient (Wildman–Crippen LogP) is 2.96. The number of anilines is 1. The largest absolute Gasteiger partial charge is 0.391 e. The van der Waals surface area contributed by atoms with E-state index in [1.165, 1.54) is 11.3 Å². The number of rotatable bonds is 0. The standard InChI is InChI=1S/C9H5IN2S/c10-7-1-5-3-8(12)13-9(5)6(2-7)4-11/h1-3H,12H2. The summed E-state index contributed by atoms with van der Waals surface area (Å²) in [5, 5.41) is 10.7. The zero-order chi connectivity index (χ0) is 9.42. The average molecular weight is 300 g/mol. The Kier molecular flexibility index (Phi) is 2.14. The molecule has 1 aromatic carbocycles. The van der Waals surface area contributed by atoms with Crippen LogP contribution in [0.4, 0.5) is 5.00 Å². The number of hydrogen-bond donors (Lipinski definition) is 1. The van der Waals surface area contributed by atoms with Gasteiger partial charge in [-0.25, -0.2) is 0 Å². The van der Waals surface area contributed by atoms with Crippen molar-refractivity contribution in [3.8, 4) is 6.07 Å². The lowest BCUT2D eigenvalue weighted by Gasteiger charge is -1.93. The van der Waals surface area contributed by atoms with Crippen LogP contribution >= 0.6 is 33.9 Å². The molecule has 0 spiro atoms. The van der Waals surface area contributed by atoms with Crippen LogP contribution in [-0.2, 0) is 0 Å². The molecule has 0 fully saturated rings. The van der Waals surface area contributed by atoms with E-state index < -0.39 is 0 Å². The first kappa shape index (κ1) is 8.78. The molecule has 0 aliphatic heterocycles. The molecular weight excluding hydrogens is 295 g/mol. The average Bonchev–Trinajstić information content (AvgIpc) is 2.43. The van der Waals surface area contributed by atoms with Gasteiger partial charge in [0.2, 0.25) is 0 Å². The summed E-state index contributed by atoms with van der Waals surface area (Å²) in [6.45, 7) is 0. The highest BCUT2D eigenvalue weighted by atomic mass is 127. The topological polar surface area (TPSA) is 49.8 Å². The highest BCUT2D eigenvalue weighted by Gasteiger charge is 2.05. The molecular formula is C9H5IN2S. The lowest BCUT2D eigenvalue weighted by molar-refractivity contribution is 1.50. The number of hydrogen-bond acceptors (Lipinski definition) is 3. The normalized spacial score (nSPS) is 10.2. The van der Waals surface area contributed by atoms with Gasteiger partial charge < -0.3 is 5.73 Å². The number of fused-ring (bicyclic) bond motifs is 1. The van der Waals surface area contributed by atoms with Crippen molar-refractivity contribution in [2.24, 2.45) is 0 Å². The van der Waals surface area contributed by atoms with Crippen LogP contribution in [0.15, 0.2) is 18.2 Å². The van der Waals surface area contributed by atoms with E-state index >= 15 is 0 Å². The molecule has 2 rings (SSSR count). The second-order valence-corrected chi connectivity index (χ2v) is 4.96. The van der Waals surface area contributed by atoms with E-state index in [-0.39, 0.29) is 0 Å². The number of nitrogen functional groups attached to an aromatic ring is 1. The highest BCUT2D eigenvalue weighted by molar-refractivity contribution is 14.1. The third-order valence-corrected chi connectivity index (χ3v) is 3.36. The van der Waals surface area contributed by atoms with Crippen LogP contribution in [0.25, 0.3) is 10.1 Å². The maximum Gasteiger partial charge on any atom is 0.101 e. The number of nitriles is 1. The van der Waals surface area contributed by atoms with Crippen molar-refractivity contribution in [3.05, 3.63) is 27.3 Å². The lowest BCUT2D eigenvalue weighted by atomic mass is 10.2. The Bertz CT molecular complexity index is 510. The maximum absolute atomic E-state index is 8.88. The van der Waals surface area contributed by atoms with Crippen molar-refractivity contribution >= 4 is 49.0 Å². The van der Waals surface area contributed by atoms with Crippen LogP contribution < -0.4 is 5.73 Å². The fraction of sp³-hybridized carbons (Fsp3) is 0. The quantitative estimate of drug-likeness (QED) is 0.760. The third-order valence-electron chi connectivity index (χ3n) is 1.72. The summed E-state index contributed by atoms with van der Waals surface area (Å²) in [6.07, 6.45) is 0. The minimum absolute atomic E-state index is 0.712. The molecule has 4 heteroatoms. The Labute approximate surface area is 93.1 Å². The van der Waals surface area contributed by atoms with Crippen molar-refractivity contribution in [3.63, 3.8) is 0 Å². The van der Waals surface area contributed by atoms with Crippen LogP contribution in [0, 0.1) is 14.9 Å². The van der Waals surface area contributed by atoms with E-state index in [0.29, 0.717) is 5.56 Å². The molecule has 0 aliphatic carbocycles. The van der Waals surface area contributed by atoms with Gasteiger partial charge in [0.15, 0.2) is 0 Å². The first-order valence-corrected chi connectivity index (χ1v) is 5.49. The molecule has 0 unspecified atom stereocenters. The van der Waals surface area contributed by atoms with E-state index in [2.05, 4.69) is 28.7 Å². The third kappa shape index (κ3) is 1.49. The molecule has 0 saturated carbocycles. The Morgan fingerprint density at radius 3 is 2.85 bits per heavy atom. The molecule has 64 valence electrons. The smallest absolute Gasteiger partial charge is 0.101 e. The molecule has 0 bridgehead atoms. The summed E-state index contributed by atoms with van der Waals surface area (Å²) in [6, 6.07) is 7.99. The first-order valence-electron chi connectivity index (χ1n) is 3.59. The molecule has 0 amide bonds. The summed E-state index contributed by atoms with van der Waals surface area (Å²) in [4.78, 5) is 0. The molecule has 0 radical (unpaired) electrons. The van der Waals surface area contributed by atoms with Gasteiger partial charge in [0.05, 0.1) is 15.3 Å². The van der Waals surface area contributed by atoms with E-state index in [1.807, 2.05) is 18.2 Å². The van der Waals surface area contributed by atoms with E-state index in [9.17, 15) is 0 Å². The molecule has 0 aliphatic rings. The predicted molar refractivity (Wildman–Crippen MR) is 63.7 cm³/mol. The Balaban J connectivity index is 2.90. The van der Waals surface area contributed by atoms with Crippen LogP contribution in [0.5, 0.6) is 0 Å². The summed E-state index contributed by atoms with van der Waals surface area (Å²) in [5.41, 5.74) is 6.38.